The van der Waals surface area contributed by atoms with Crippen molar-refractivity contribution < 1.29 is 14.5 Å². The van der Waals surface area contributed by atoms with E-state index in [-0.39, 0.29) is 17.3 Å². The largest absolute Gasteiger partial charge is 0.349 e. The lowest BCUT2D eigenvalue weighted by Crippen LogP contribution is -2.34. The first-order chi connectivity index (χ1) is 7.73. The second kappa shape index (κ2) is 3.97. The van der Waals surface area contributed by atoms with E-state index in [2.05, 4.69) is 6.92 Å². The zero-order valence-corrected chi connectivity index (χ0v) is 10.2. The van der Waals surface area contributed by atoms with Crippen LogP contribution in [-0.2, 0) is 14.5 Å². The van der Waals surface area contributed by atoms with E-state index in [4.69, 9.17) is 14.5 Å². The molecule has 1 spiro atoms. The zero-order valence-electron chi connectivity index (χ0n) is 10.2. The molecular weight excluding hydrogens is 204 g/mol. The van der Waals surface area contributed by atoms with Gasteiger partial charge in [0.25, 0.3) is 0 Å². The zero-order chi connectivity index (χ0) is 11.1. The van der Waals surface area contributed by atoms with E-state index in [1.54, 1.807) is 0 Å². The summed E-state index contributed by atoms with van der Waals surface area (Å²) >= 11 is 0. The average molecular weight is 226 g/mol. The summed E-state index contributed by atoms with van der Waals surface area (Å²) in [6.45, 7) is 3.09. The van der Waals surface area contributed by atoms with Gasteiger partial charge >= 0.3 is 0 Å². The third-order valence-corrected chi connectivity index (χ3v) is 4.74. The predicted molar refractivity (Wildman–Crippen MR) is 59.7 cm³/mol. The Balaban J connectivity index is 1.73. The van der Waals surface area contributed by atoms with Crippen molar-refractivity contribution in [1.29, 1.82) is 0 Å². The summed E-state index contributed by atoms with van der Waals surface area (Å²) in [5.41, 5.74) is 0.190. The van der Waals surface area contributed by atoms with Crippen LogP contribution in [-0.4, -0.2) is 18.5 Å². The summed E-state index contributed by atoms with van der Waals surface area (Å²) in [7, 11) is 0. The number of hydrogen-bond acceptors (Lipinski definition) is 3. The molecule has 16 heavy (non-hydrogen) atoms. The van der Waals surface area contributed by atoms with Gasteiger partial charge in [0.2, 0.25) is 0 Å². The Labute approximate surface area is 97.4 Å². The topological polar surface area (TPSA) is 27.7 Å². The summed E-state index contributed by atoms with van der Waals surface area (Å²) in [6, 6.07) is 0. The van der Waals surface area contributed by atoms with E-state index in [0.29, 0.717) is 0 Å². The molecule has 3 nitrogen and oxygen atoms in total. The molecule has 0 unspecified atom stereocenters. The molecule has 1 saturated carbocycles. The highest BCUT2D eigenvalue weighted by molar-refractivity contribution is 4.91. The molecule has 2 aliphatic heterocycles. The second-order valence-electron chi connectivity index (χ2n) is 6.03. The molecule has 2 heterocycles. The monoisotopic (exact) mass is 226 g/mol. The molecule has 0 bridgehead atoms. The van der Waals surface area contributed by atoms with E-state index in [0.717, 1.165) is 32.3 Å². The molecule has 0 amide bonds. The Bertz CT molecular complexity index is 260. The van der Waals surface area contributed by atoms with Gasteiger partial charge in [-0.3, -0.25) is 0 Å². The van der Waals surface area contributed by atoms with Crippen molar-refractivity contribution in [2.24, 2.45) is 5.41 Å². The van der Waals surface area contributed by atoms with Gasteiger partial charge in [-0.25, -0.2) is 9.78 Å². The fourth-order valence-electron chi connectivity index (χ4n) is 3.34. The molecule has 0 aromatic carbocycles. The molecule has 3 heteroatoms. The van der Waals surface area contributed by atoms with Gasteiger partial charge in [-0.2, -0.15) is 0 Å². The molecule has 0 radical (unpaired) electrons. The first kappa shape index (κ1) is 11.0. The van der Waals surface area contributed by atoms with Gasteiger partial charge in [-0.05, 0) is 32.1 Å². The molecule has 0 N–H and O–H groups in total. The number of hydrogen-bond donors (Lipinski definition) is 0. The van der Waals surface area contributed by atoms with Crippen LogP contribution in [0.4, 0.5) is 0 Å². The Morgan fingerprint density at radius 3 is 2.56 bits per heavy atom. The Morgan fingerprint density at radius 1 is 0.938 bits per heavy atom. The van der Waals surface area contributed by atoms with Gasteiger partial charge in [-0.15, -0.1) is 0 Å². The standard InChI is InChI=1S/C13H22O3/c1-12-7-8-13(5-3-2-4-6-13)16-15-11(12)14-10-9-12/h11H,2-10H2,1H3/t11-,12-/m1/s1. The maximum Gasteiger partial charge on any atom is 0.196 e. The molecule has 3 aliphatic rings. The van der Waals surface area contributed by atoms with Crippen LogP contribution < -0.4 is 0 Å². The first-order valence-electron chi connectivity index (χ1n) is 6.69. The van der Waals surface area contributed by atoms with E-state index >= 15 is 0 Å². The van der Waals surface area contributed by atoms with Gasteiger partial charge in [0, 0.05) is 5.41 Å². The lowest BCUT2D eigenvalue weighted by atomic mass is 9.75. The summed E-state index contributed by atoms with van der Waals surface area (Å²) in [4.78, 5) is 11.4. The Hall–Kier alpha value is -0.120. The lowest BCUT2D eigenvalue weighted by molar-refractivity contribution is -0.425. The smallest absolute Gasteiger partial charge is 0.196 e. The maximum absolute atomic E-state index is 5.79. The lowest BCUT2D eigenvalue weighted by Gasteiger charge is -2.34. The SMILES string of the molecule is C[C@@]12CCO[C@@H]1OOC1(CCCCC1)CC2. The molecule has 92 valence electrons. The van der Waals surface area contributed by atoms with Crippen molar-refractivity contribution in [3.8, 4) is 0 Å². The van der Waals surface area contributed by atoms with Crippen molar-refractivity contribution >= 4 is 0 Å². The molecule has 3 fully saturated rings. The molecule has 0 aromatic rings. The summed E-state index contributed by atoms with van der Waals surface area (Å²) in [5.74, 6) is 0. The first-order valence-corrected chi connectivity index (χ1v) is 6.69. The van der Waals surface area contributed by atoms with Crippen LogP contribution in [0.2, 0.25) is 0 Å². The minimum absolute atomic E-state index is 0.00889. The van der Waals surface area contributed by atoms with E-state index in [1.807, 2.05) is 0 Å². The predicted octanol–water partition coefficient (Wildman–Crippen LogP) is 3.18. The van der Waals surface area contributed by atoms with Crippen LogP contribution in [0.3, 0.4) is 0 Å². The number of rotatable bonds is 0. The molecule has 2 saturated heterocycles. The summed E-state index contributed by atoms with van der Waals surface area (Å²) in [6.07, 6.45) is 9.54. The van der Waals surface area contributed by atoms with E-state index < -0.39 is 0 Å². The normalized spacial score (nSPS) is 42.9. The van der Waals surface area contributed by atoms with Gasteiger partial charge in [0.05, 0.1) is 6.61 Å². The highest BCUT2D eigenvalue weighted by Gasteiger charge is 2.48. The van der Waals surface area contributed by atoms with Crippen LogP contribution >= 0.6 is 0 Å². The minimum Gasteiger partial charge on any atom is -0.349 e. The van der Waals surface area contributed by atoms with Crippen molar-refractivity contribution in [3.63, 3.8) is 0 Å². The number of ether oxygens (including phenoxy) is 1. The fourth-order valence-corrected chi connectivity index (χ4v) is 3.34. The van der Waals surface area contributed by atoms with Crippen molar-refractivity contribution in [3.05, 3.63) is 0 Å². The molecule has 1 aliphatic carbocycles. The molecule has 0 aromatic heterocycles. The van der Waals surface area contributed by atoms with Gasteiger partial charge < -0.3 is 4.74 Å². The summed E-state index contributed by atoms with van der Waals surface area (Å²) in [5, 5.41) is 0. The maximum atomic E-state index is 5.79. The van der Waals surface area contributed by atoms with Crippen LogP contribution in [0.25, 0.3) is 0 Å². The van der Waals surface area contributed by atoms with Gasteiger partial charge in [0.15, 0.2) is 6.29 Å². The minimum atomic E-state index is -0.131. The Kier molecular flexibility index (Phi) is 2.73. The van der Waals surface area contributed by atoms with Crippen LogP contribution in [0.15, 0.2) is 0 Å². The van der Waals surface area contributed by atoms with Crippen molar-refractivity contribution in [2.45, 2.75) is 70.2 Å². The quantitative estimate of drug-likeness (QED) is 0.594. The van der Waals surface area contributed by atoms with E-state index in [1.165, 1.54) is 25.7 Å². The molecule has 3 rings (SSSR count). The fraction of sp³-hybridized carbons (Fsp3) is 1.00. The third-order valence-electron chi connectivity index (χ3n) is 4.74. The van der Waals surface area contributed by atoms with Gasteiger partial charge in [0.1, 0.15) is 5.60 Å². The molecule has 2 atom stereocenters. The highest BCUT2D eigenvalue weighted by Crippen LogP contribution is 2.47. The highest BCUT2D eigenvalue weighted by atomic mass is 17.2. The van der Waals surface area contributed by atoms with Crippen molar-refractivity contribution in [2.75, 3.05) is 6.61 Å². The Morgan fingerprint density at radius 2 is 1.75 bits per heavy atom. The summed E-state index contributed by atoms with van der Waals surface area (Å²) < 4.78 is 5.63. The van der Waals surface area contributed by atoms with E-state index in [9.17, 15) is 0 Å². The van der Waals surface area contributed by atoms with Crippen LogP contribution in [0, 0.1) is 5.41 Å². The third kappa shape index (κ3) is 1.79. The average Bonchev–Trinajstić information content (AvgIpc) is 2.63. The molecular formula is C13H22O3. The van der Waals surface area contributed by atoms with Crippen LogP contribution in [0.5, 0.6) is 0 Å². The second-order valence-corrected chi connectivity index (χ2v) is 6.03. The van der Waals surface area contributed by atoms with Gasteiger partial charge in [-0.1, -0.05) is 26.2 Å². The number of fused-ring (bicyclic) bond motifs is 1. The van der Waals surface area contributed by atoms with Crippen LogP contribution in [0.1, 0.15) is 58.3 Å². The van der Waals surface area contributed by atoms with Crippen molar-refractivity contribution in [1.82, 2.24) is 0 Å².